The summed E-state index contributed by atoms with van der Waals surface area (Å²) in [5.41, 5.74) is 12.4. The Balaban J connectivity index is 1.87. The molecule has 1 fully saturated rings. The maximum atomic E-state index is 10.7. The Hall–Kier alpha value is -1.59. The van der Waals surface area contributed by atoms with Crippen molar-refractivity contribution in [1.29, 1.82) is 0 Å². The molecular weight excluding hydrogens is 266 g/mol. The Kier molecular flexibility index (Phi) is 5.59. The van der Waals surface area contributed by atoms with E-state index < -0.39 is 5.91 Å². The summed E-state index contributed by atoms with van der Waals surface area (Å²) in [4.78, 5) is 13.1. The van der Waals surface area contributed by atoms with Gasteiger partial charge in [0.1, 0.15) is 5.75 Å². The number of nitrogens with zero attached hydrogens (tertiary/aromatic N) is 1. The van der Waals surface area contributed by atoms with E-state index >= 15 is 0 Å². The number of nitrogens with two attached hydrogens (primary N) is 2. The molecule has 1 heterocycles. The van der Waals surface area contributed by atoms with E-state index in [1.807, 2.05) is 24.3 Å². The molecule has 1 aromatic rings. The first-order valence-corrected chi connectivity index (χ1v) is 7.56. The topological polar surface area (TPSA) is 81.6 Å². The molecule has 116 valence electrons. The van der Waals surface area contributed by atoms with Crippen LogP contribution in [0, 0.1) is 5.92 Å². The van der Waals surface area contributed by atoms with Crippen molar-refractivity contribution in [2.24, 2.45) is 17.4 Å². The van der Waals surface area contributed by atoms with Gasteiger partial charge in [0.05, 0.1) is 0 Å². The van der Waals surface area contributed by atoms with Crippen LogP contribution in [0.2, 0.25) is 0 Å². The summed E-state index contributed by atoms with van der Waals surface area (Å²) < 4.78 is 5.26. The minimum absolute atomic E-state index is 0.0818. The van der Waals surface area contributed by atoms with Gasteiger partial charge in [-0.1, -0.05) is 25.5 Å². The third-order valence-corrected chi connectivity index (χ3v) is 4.11. The zero-order valence-electron chi connectivity index (χ0n) is 12.6. The molecule has 2 atom stereocenters. The zero-order chi connectivity index (χ0) is 15.2. The predicted octanol–water partition coefficient (Wildman–Crippen LogP) is 1.11. The van der Waals surface area contributed by atoms with Crippen LogP contribution in [0.5, 0.6) is 5.75 Å². The van der Waals surface area contributed by atoms with Crippen LogP contribution in [0.15, 0.2) is 24.3 Å². The van der Waals surface area contributed by atoms with Gasteiger partial charge in [-0.2, -0.15) is 0 Å². The molecular formula is C16H25N3O2. The van der Waals surface area contributed by atoms with E-state index in [0.717, 1.165) is 32.5 Å². The van der Waals surface area contributed by atoms with Crippen molar-refractivity contribution in [2.75, 3.05) is 19.7 Å². The number of carbonyl (C=O) groups excluding carboxylic acids is 1. The fraction of sp³-hybridized carbons (Fsp3) is 0.562. The smallest absolute Gasteiger partial charge is 0.255 e. The SMILES string of the molecule is CCC1CN(Cc2ccc(OCC(N)=O)cc2)CCC1N. The molecule has 5 nitrogen and oxygen atoms in total. The Bertz CT molecular complexity index is 461. The van der Waals surface area contributed by atoms with Crippen LogP contribution in [0.25, 0.3) is 0 Å². The third kappa shape index (κ3) is 4.72. The quantitative estimate of drug-likeness (QED) is 0.822. The molecule has 0 bridgehead atoms. The van der Waals surface area contributed by atoms with Gasteiger partial charge in [-0.15, -0.1) is 0 Å². The highest BCUT2D eigenvalue weighted by atomic mass is 16.5. The lowest BCUT2D eigenvalue weighted by molar-refractivity contribution is -0.119. The molecule has 1 amide bonds. The number of primary amides is 1. The van der Waals surface area contributed by atoms with Crippen molar-refractivity contribution in [2.45, 2.75) is 32.4 Å². The Morgan fingerprint density at radius 2 is 2.10 bits per heavy atom. The Morgan fingerprint density at radius 1 is 1.38 bits per heavy atom. The summed E-state index contributed by atoms with van der Waals surface area (Å²) in [6, 6.07) is 8.17. The summed E-state index contributed by atoms with van der Waals surface area (Å²) in [6.07, 6.45) is 2.20. The summed E-state index contributed by atoms with van der Waals surface area (Å²) in [6.45, 7) is 5.18. The number of hydrogen-bond acceptors (Lipinski definition) is 4. The van der Waals surface area contributed by atoms with E-state index in [1.54, 1.807) is 0 Å². The molecule has 21 heavy (non-hydrogen) atoms. The first kappa shape index (κ1) is 15.8. The van der Waals surface area contributed by atoms with Crippen molar-refractivity contribution in [1.82, 2.24) is 4.90 Å². The minimum atomic E-state index is -0.464. The Labute approximate surface area is 126 Å². The maximum absolute atomic E-state index is 10.7. The first-order chi connectivity index (χ1) is 10.1. The van der Waals surface area contributed by atoms with Gasteiger partial charge in [0.25, 0.3) is 5.91 Å². The van der Waals surface area contributed by atoms with Crippen LogP contribution in [0.3, 0.4) is 0 Å². The number of likely N-dealkylation sites (tertiary alicyclic amines) is 1. The molecule has 0 spiro atoms. The first-order valence-electron chi connectivity index (χ1n) is 7.56. The molecule has 4 N–H and O–H groups in total. The van der Waals surface area contributed by atoms with Crippen LogP contribution in [0.4, 0.5) is 0 Å². The molecule has 1 aliphatic rings. The van der Waals surface area contributed by atoms with Crippen molar-refractivity contribution in [3.63, 3.8) is 0 Å². The third-order valence-electron chi connectivity index (χ3n) is 4.11. The molecule has 0 radical (unpaired) electrons. The van der Waals surface area contributed by atoms with E-state index in [4.69, 9.17) is 16.2 Å². The number of amides is 1. The van der Waals surface area contributed by atoms with Gasteiger partial charge in [0, 0.05) is 19.1 Å². The van der Waals surface area contributed by atoms with Crippen molar-refractivity contribution in [3.8, 4) is 5.75 Å². The average Bonchev–Trinajstić information content (AvgIpc) is 2.48. The van der Waals surface area contributed by atoms with Crippen molar-refractivity contribution < 1.29 is 9.53 Å². The van der Waals surface area contributed by atoms with Crippen LogP contribution < -0.4 is 16.2 Å². The molecule has 2 rings (SSSR count). The zero-order valence-corrected chi connectivity index (χ0v) is 12.6. The van der Waals surface area contributed by atoms with Gasteiger partial charge in [-0.25, -0.2) is 0 Å². The fourth-order valence-electron chi connectivity index (χ4n) is 2.80. The normalized spacial score (nSPS) is 23.0. The van der Waals surface area contributed by atoms with E-state index in [1.165, 1.54) is 5.56 Å². The van der Waals surface area contributed by atoms with Crippen molar-refractivity contribution in [3.05, 3.63) is 29.8 Å². The lowest BCUT2D eigenvalue weighted by Gasteiger charge is -2.36. The number of benzene rings is 1. The number of carbonyl (C=O) groups is 1. The molecule has 0 aromatic heterocycles. The second-order valence-electron chi connectivity index (χ2n) is 5.75. The fourth-order valence-corrected chi connectivity index (χ4v) is 2.80. The van der Waals surface area contributed by atoms with Gasteiger partial charge in [-0.3, -0.25) is 9.69 Å². The monoisotopic (exact) mass is 291 g/mol. The molecule has 1 saturated heterocycles. The van der Waals surface area contributed by atoms with Crippen LogP contribution in [-0.2, 0) is 11.3 Å². The van der Waals surface area contributed by atoms with E-state index in [9.17, 15) is 4.79 Å². The average molecular weight is 291 g/mol. The molecule has 0 saturated carbocycles. The maximum Gasteiger partial charge on any atom is 0.255 e. The number of hydrogen-bond donors (Lipinski definition) is 2. The van der Waals surface area contributed by atoms with E-state index in [-0.39, 0.29) is 6.61 Å². The molecule has 2 unspecified atom stereocenters. The summed E-state index contributed by atoms with van der Waals surface area (Å²) in [5, 5.41) is 0. The van der Waals surface area contributed by atoms with Gasteiger partial charge in [0.2, 0.25) is 0 Å². The lowest BCUT2D eigenvalue weighted by atomic mass is 9.90. The van der Waals surface area contributed by atoms with Gasteiger partial charge < -0.3 is 16.2 Å². The molecule has 0 aliphatic carbocycles. The van der Waals surface area contributed by atoms with E-state index in [2.05, 4.69) is 11.8 Å². The van der Waals surface area contributed by atoms with Crippen molar-refractivity contribution >= 4 is 5.91 Å². The highest BCUT2D eigenvalue weighted by Crippen LogP contribution is 2.21. The highest BCUT2D eigenvalue weighted by Gasteiger charge is 2.24. The minimum Gasteiger partial charge on any atom is -0.484 e. The number of rotatable bonds is 6. The van der Waals surface area contributed by atoms with Gasteiger partial charge in [0.15, 0.2) is 6.61 Å². The van der Waals surface area contributed by atoms with Crippen LogP contribution >= 0.6 is 0 Å². The standard InChI is InChI=1S/C16H25N3O2/c1-2-13-10-19(8-7-15(13)17)9-12-3-5-14(6-4-12)21-11-16(18)20/h3-6,13,15H,2,7-11,17H2,1H3,(H2,18,20). The summed E-state index contributed by atoms with van der Waals surface area (Å²) >= 11 is 0. The number of ether oxygens (including phenoxy) is 1. The summed E-state index contributed by atoms with van der Waals surface area (Å²) in [7, 11) is 0. The predicted molar refractivity (Wildman–Crippen MR) is 82.8 cm³/mol. The van der Waals surface area contributed by atoms with Crippen LogP contribution in [-0.4, -0.2) is 36.5 Å². The summed E-state index contributed by atoms with van der Waals surface area (Å²) in [5.74, 6) is 0.802. The lowest BCUT2D eigenvalue weighted by Crippen LogP contribution is -2.46. The molecule has 1 aliphatic heterocycles. The Morgan fingerprint density at radius 3 is 2.71 bits per heavy atom. The second kappa shape index (κ2) is 7.43. The highest BCUT2D eigenvalue weighted by molar-refractivity contribution is 5.75. The number of piperidine rings is 1. The molecule has 5 heteroatoms. The second-order valence-corrected chi connectivity index (χ2v) is 5.75. The van der Waals surface area contributed by atoms with Crippen LogP contribution in [0.1, 0.15) is 25.3 Å². The van der Waals surface area contributed by atoms with Gasteiger partial charge >= 0.3 is 0 Å². The largest absolute Gasteiger partial charge is 0.484 e. The van der Waals surface area contributed by atoms with Gasteiger partial charge in [-0.05, 0) is 36.6 Å². The van der Waals surface area contributed by atoms with E-state index in [0.29, 0.717) is 17.7 Å². The molecule has 1 aromatic carbocycles.